The van der Waals surface area contributed by atoms with E-state index in [1.54, 1.807) is 23.1 Å². The summed E-state index contributed by atoms with van der Waals surface area (Å²) in [6, 6.07) is 11.1. The van der Waals surface area contributed by atoms with Crippen molar-refractivity contribution in [2.75, 3.05) is 0 Å². The van der Waals surface area contributed by atoms with Gasteiger partial charge in [-0.05, 0) is 18.2 Å². The lowest BCUT2D eigenvalue weighted by Crippen LogP contribution is -2.17. The van der Waals surface area contributed by atoms with E-state index in [9.17, 15) is 0 Å². The molecule has 1 atom stereocenters. The smallest absolute Gasteiger partial charge is 0.115 e. The number of hydrogen-bond donors (Lipinski definition) is 1. The van der Waals surface area contributed by atoms with Gasteiger partial charge in [-0.3, -0.25) is 0 Å². The molecule has 94 valence electrons. The molecule has 0 saturated heterocycles. The van der Waals surface area contributed by atoms with E-state index in [4.69, 9.17) is 5.73 Å². The lowest BCUT2D eigenvalue weighted by Gasteiger charge is -2.12. The van der Waals surface area contributed by atoms with E-state index in [2.05, 4.69) is 20.3 Å². The molecule has 0 bridgehead atoms. The molecule has 0 radical (unpaired) electrons. The number of benzene rings is 1. The number of aromatic nitrogens is 5. The third-order valence-electron chi connectivity index (χ3n) is 2.82. The van der Waals surface area contributed by atoms with Gasteiger partial charge in [-0.15, -0.1) is 5.10 Å². The topological polar surface area (TPSA) is 82.5 Å². The van der Waals surface area contributed by atoms with Crippen molar-refractivity contribution in [2.45, 2.75) is 6.04 Å². The van der Waals surface area contributed by atoms with Crippen LogP contribution in [0.25, 0.3) is 5.69 Å². The Bertz CT molecular complexity index is 649. The second-order valence-corrected chi connectivity index (χ2v) is 4.02. The van der Waals surface area contributed by atoms with Crippen LogP contribution >= 0.6 is 0 Å². The van der Waals surface area contributed by atoms with Crippen LogP contribution in [0.5, 0.6) is 0 Å². The summed E-state index contributed by atoms with van der Waals surface area (Å²) in [5, 5.41) is 8.01. The van der Waals surface area contributed by atoms with Gasteiger partial charge in [0.15, 0.2) is 0 Å². The summed E-state index contributed by atoms with van der Waals surface area (Å²) in [7, 11) is 0. The Labute approximate surface area is 109 Å². The lowest BCUT2D eigenvalue weighted by atomic mass is 10.1. The van der Waals surface area contributed by atoms with E-state index in [0.29, 0.717) is 0 Å². The fourth-order valence-electron chi connectivity index (χ4n) is 1.86. The van der Waals surface area contributed by atoms with E-state index < -0.39 is 6.04 Å². The summed E-state index contributed by atoms with van der Waals surface area (Å²) in [5.74, 6) is 0. The van der Waals surface area contributed by atoms with Crippen molar-refractivity contribution in [3.8, 4) is 5.69 Å². The predicted molar refractivity (Wildman–Crippen MR) is 69.4 cm³/mol. The maximum absolute atomic E-state index is 6.21. The number of rotatable bonds is 3. The first-order valence-electron chi connectivity index (χ1n) is 5.84. The van der Waals surface area contributed by atoms with E-state index in [0.717, 1.165) is 17.1 Å². The van der Waals surface area contributed by atoms with Gasteiger partial charge in [0, 0.05) is 6.20 Å². The van der Waals surface area contributed by atoms with Crippen molar-refractivity contribution >= 4 is 0 Å². The van der Waals surface area contributed by atoms with E-state index >= 15 is 0 Å². The molecule has 6 nitrogen and oxygen atoms in total. The van der Waals surface area contributed by atoms with E-state index in [1.165, 1.54) is 6.33 Å². The maximum atomic E-state index is 6.21. The third kappa shape index (κ3) is 2.21. The molecule has 0 saturated carbocycles. The molecule has 0 fully saturated rings. The molecule has 3 rings (SSSR count). The summed E-state index contributed by atoms with van der Waals surface area (Å²) in [5.41, 5.74) is 8.64. The van der Waals surface area contributed by atoms with E-state index in [1.807, 2.05) is 30.3 Å². The predicted octanol–water partition coefficient (Wildman–Crippen LogP) is 1.11. The maximum Gasteiger partial charge on any atom is 0.115 e. The fraction of sp³-hybridized carbons (Fsp3) is 0.0769. The van der Waals surface area contributed by atoms with Gasteiger partial charge in [-0.2, -0.15) is 0 Å². The SMILES string of the molecule is NC(c1ccncn1)c1cnnn1-c1ccccc1. The highest BCUT2D eigenvalue weighted by molar-refractivity contribution is 5.33. The molecule has 6 heteroatoms. The third-order valence-corrected chi connectivity index (χ3v) is 2.82. The largest absolute Gasteiger partial charge is 0.318 e. The van der Waals surface area contributed by atoms with Crippen molar-refractivity contribution in [2.24, 2.45) is 5.73 Å². The Morgan fingerprint density at radius 2 is 1.95 bits per heavy atom. The minimum Gasteiger partial charge on any atom is -0.318 e. The molecular formula is C13H12N6. The monoisotopic (exact) mass is 252 g/mol. The first-order valence-corrected chi connectivity index (χ1v) is 5.84. The van der Waals surface area contributed by atoms with Gasteiger partial charge in [-0.25, -0.2) is 14.6 Å². The van der Waals surface area contributed by atoms with Crippen molar-refractivity contribution in [3.63, 3.8) is 0 Å². The number of para-hydroxylation sites is 1. The first kappa shape index (κ1) is 11.5. The van der Waals surface area contributed by atoms with Crippen LogP contribution in [0.4, 0.5) is 0 Å². The Balaban J connectivity index is 2.01. The second-order valence-electron chi connectivity index (χ2n) is 4.02. The van der Waals surface area contributed by atoms with Crippen LogP contribution in [-0.4, -0.2) is 25.0 Å². The summed E-state index contributed by atoms with van der Waals surface area (Å²) in [6.45, 7) is 0. The molecule has 2 aromatic heterocycles. The first-order chi connectivity index (χ1) is 9.36. The highest BCUT2D eigenvalue weighted by atomic mass is 15.4. The van der Waals surface area contributed by atoms with Gasteiger partial charge in [0.05, 0.1) is 29.3 Å². The van der Waals surface area contributed by atoms with Crippen LogP contribution < -0.4 is 5.73 Å². The van der Waals surface area contributed by atoms with Crippen LogP contribution in [-0.2, 0) is 0 Å². The average molecular weight is 252 g/mol. The summed E-state index contributed by atoms with van der Waals surface area (Å²) >= 11 is 0. The molecule has 0 amide bonds. The molecule has 19 heavy (non-hydrogen) atoms. The zero-order valence-corrected chi connectivity index (χ0v) is 10.1. The molecule has 0 spiro atoms. The van der Waals surface area contributed by atoms with Crippen LogP contribution in [0, 0.1) is 0 Å². The average Bonchev–Trinajstić information content (AvgIpc) is 2.98. The molecule has 2 heterocycles. The number of hydrogen-bond acceptors (Lipinski definition) is 5. The highest BCUT2D eigenvalue weighted by Crippen LogP contribution is 2.18. The zero-order chi connectivity index (χ0) is 13.1. The number of nitrogens with zero attached hydrogens (tertiary/aromatic N) is 5. The quantitative estimate of drug-likeness (QED) is 0.755. The van der Waals surface area contributed by atoms with E-state index in [-0.39, 0.29) is 0 Å². The Morgan fingerprint density at radius 1 is 1.11 bits per heavy atom. The second kappa shape index (κ2) is 4.95. The Kier molecular flexibility index (Phi) is 2.99. The molecule has 0 aliphatic heterocycles. The standard InChI is InChI=1S/C13H12N6/c14-13(11-6-7-15-9-16-11)12-8-17-18-19(12)10-4-2-1-3-5-10/h1-9,13H,14H2. The normalized spacial score (nSPS) is 12.3. The summed E-state index contributed by atoms with van der Waals surface area (Å²) in [6.07, 6.45) is 4.80. The van der Waals surface area contributed by atoms with Gasteiger partial charge < -0.3 is 5.73 Å². The minimum atomic E-state index is -0.391. The van der Waals surface area contributed by atoms with Gasteiger partial charge in [0.25, 0.3) is 0 Å². The van der Waals surface area contributed by atoms with Crippen molar-refractivity contribution in [1.82, 2.24) is 25.0 Å². The molecule has 2 N–H and O–H groups in total. The van der Waals surface area contributed by atoms with Crippen molar-refractivity contribution < 1.29 is 0 Å². The molecule has 3 aromatic rings. The molecular weight excluding hydrogens is 240 g/mol. The Morgan fingerprint density at radius 3 is 2.68 bits per heavy atom. The summed E-state index contributed by atoms with van der Waals surface area (Å²) < 4.78 is 1.72. The van der Waals surface area contributed by atoms with Crippen molar-refractivity contribution in [3.05, 3.63) is 66.5 Å². The Hall–Kier alpha value is -2.60. The minimum absolute atomic E-state index is 0.391. The van der Waals surface area contributed by atoms with Gasteiger partial charge in [0.2, 0.25) is 0 Å². The van der Waals surface area contributed by atoms with Gasteiger partial charge >= 0.3 is 0 Å². The van der Waals surface area contributed by atoms with Crippen molar-refractivity contribution in [1.29, 1.82) is 0 Å². The number of nitrogens with two attached hydrogens (primary N) is 1. The molecule has 1 unspecified atom stereocenters. The van der Waals surface area contributed by atoms with Crippen LogP contribution in [0.1, 0.15) is 17.4 Å². The highest BCUT2D eigenvalue weighted by Gasteiger charge is 2.16. The zero-order valence-electron chi connectivity index (χ0n) is 10.1. The van der Waals surface area contributed by atoms with Crippen LogP contribution in [0.3, 0.4) is 0 Å². The summed E-state index contributed by atoms with van der Waals surface area (Å²) in [4.78, 5) is 8.05. The fourth-order valence-corrected chi connectivity index (χ4v) is 1.86. The molecule has 0 aliphatic carbocycles. The van der Waals surface area contributed by atoms with Gasteiger partial charge in [-0.1, -0.05) is 23.4 Å². The van der Waals surface area contributed by atoms with Crippen LogP contribution in [0.2, 0.25) is 0 Å². The van der Waals surface area contributed by atoms with Crippen LogP contribution in [0.15, 0.2) is 55.1 Å². The molecule has 1 aromatic carbocycles. The van der Waals surface area contributed by atoms with Gasteiger partial charge in [0.1, 0.15) is 6.33 Å². The molecule has 0 aliphatic rings. The lowest BCUT2D eigenvalue weighted by molar-refractivity contribution is 0.705.